The van der Waals surface area contributed by atoms with Crippen molar-refractivity contribution in [2.75, 3.05) is 19.5 Å². The Bertz CT molecular complexity index is 898. The Labute approximate surface area is 196 Å². The molecule has 3 N–H and O–H groups in total. The summed E-state index contributed by atoms with van der Waals surface area (Å²) in [6.45, 7) is 4.64. The van der Waals surface area contributed by atoms with Gasteiger partial charge in [-0.05, 0) is 37.2 Å². The van der Waals surface area contributed by atoms with Gasteiger partial charge in [-0.1, -0.05) is 56.3 Å². The Hall–Kier alpha value is -2.27. The Balaban J connectivity index is 2.26. The maximum absolute atomic E-state index is 13.3. The number of rotatable bonds is 11. The van der Waals surface area contributed by atoms with Crippen molar-refractivity contribution in [2.24, 2.45) is 17.8 Å². The molecule has 0 radical (unpaired) electrons. The van der Waals surface area contributed by atoms with Gasteiger partial charge in [-0.25, -0.2) is 13.9 Å². The van der Waals surface area contributed by atoms with E-state index in [0.29, 0.717) is 32.5 Å². The van der Waals surface area contributed by atoms with Crippen molar-refractivity contribution in [1.82, 2.24) is 15.3 Å². The van der Waals surface area contributed by atoms with Crippen LogP contribution in [0, 0.1) is 17.8 Å². The van der Waals surface area contributed by atoms with Crippen LogP contribution in [0.2, 0.25) is 0 Å². The van der Waals surface area contributed by atoms with Gasteiger partial charge in [0.25, 0.3) is 0 Å². The monoisotopic (exact) mass is 481 g/mol. The van der Waals surface area contributed by atoms with Crippen LogP contribution in [0.15, 0.2) is 36.4 Å². The molecular weight excluding hydrogens is 446 g/mol. The van der Waals surface area contributed by atoms with Gasteiger partial charge in [-0.15, -0.1) is 4.41 Å². The summed E-state index contributed by atoms with van der Waals surface area (Å²) in [4.78, 5) is 25.9. The number of carbonyl (C=O) groups is 2. The van der Waals surface area contributed by atoms with Gasteiger partial charge in [0.1, 0.15) is 0 Å². The molecule has 1 aromatic rings. The predicted molar refractivity (Wildman–Crippen MR) is 125 cm³/mol. The molecule has 2 rings (SSSR count). The van der Waals surface area contributed by atoms with Crippen molar-refractivity contribution in [3.8, 4) is 0 Å². The molecule has 0 bridgehead atoms. The van der Waals surface area contributed by atoms with Crippen LogP contribution in [0.3, 0.4) is 0 Å². The first kappa shape index (κ1) is 27.0. The number of hydroxylamine groups is 1. The number of sulfonamides is 1. The zero-order valence-electron chi connectivity index (χ0n) is 19.4. The van der Waals surface area contributed by atoms with Crippen molar-refractivity contribution < 1.29 is 28.0 Å². The topological polar surface area (TPSA) is 125 Å². The maximum atomic E-state index is 13.3. The number of hydrogen-bond donors (Lipinski definition) is 3. The van der Waals surface area contributed by atoms with Crippen LogP contribution in [0.5, 0.6) is 0 Å². The number of ether oxygens (including phenoxy) is 1. The molecule has 0 aliphatic carbocycles. The number of hydrogen-bond acceptors (Lipinski definition) is 6. The largest absolute Gasteiger partial charge is 0.381 e. The fourth-order valence-electron chi connectivity index (χ4n) is 3.97. The molecule has 1 unspecified atom stereocenters. The molecule has 0 aromatic heterocycles. The third-order valence-electron chi connectivity index (χ3n) is 5.59. The Kier molecular flexibility index (Phi) is 10.5. The lowest BCUT2D eigenvalue weighted by Gasteiger charge is -2.34. The average molecular weight is 482 g/mol. The summed E-state index contributed by atoms with van der Waals surface area (Å²) in [7, 11) is -3.74. The number of nitrogens with zero attached hydrogens (tertiary/aromatic N) is 1. The third kappa shape index (κ3) is 8.54. The van der Waals surface area contributed by atoms with Crippen molar-refractivity contribution in [3.63, 3.8) is 0 Å². The van der Waals surface area contributed by atoms with Crippen LogP contribution in [-0.4, -0.2) is 55.4 Å². The minimum absolute atomic E-state index is 0.0580. The first-order chi connectivity index (χ1) is 15.6. The van der Waals surface area contributed by atoms with E-state index in [4.69, 9.17) is 4.74 Å². The van der Waals surface area contributed by atoms with Gasteiger partial charge in [0.15, 0.2) is 0 Å². The first-order valence-electron chi connectivity index (χ1n) is 11.2. The molecule has 2 amide bonds. The lowest BCUT2D eigenvalue weighted by Crippen LogP contribution is -2.55. The van der Waals surface area contributed by atoms with Crippen LogP contribution in [0.1, 0.15) is 45.1 Å². The van der Waals surface area contributed by atoms with Crippen molar-refractivity contribution in [3.05, 3.63) is 42.0 Å². The van der Waals surface area contributed by atoms with Gasteiger partial charge in [-0.3, -0.25) is 20.2 Å². The highest BCUT2D eigenvalue weighted by Crippen LogP contribution is 2.26. The van der Waals surface area contributed by atoms with E-state index in [1.807, 2.05) is 50.3 Å². The molecule has 1 fully saturated rings. The van der Waals surface area contributed by atoms with E-state index in [2.05, 4.69) is 5.43 Å². The van der Waals surface area contributed by atoms with E-state index < -0.39 is 39.7 Å². The zero-order chi connectivity index (χ0) is 24.4. The van der Waals surface area contributed by atoms with Crippen LogP contribution < -0.4 is 10.9 Å². The molecule has 184 valence electrons. The number of benzene rings is 1. The molecule has 1 saturated heterocycles. The maximum Gasteiger partial charge on any atom is 0.247 e. The van der Waals surface area contributed by atoms with Gasteiger partial charge in [0.05, 0.1) is 18.1 Å². The predicted octanol–water partition coefficient (Wildman–Crippen LogP) is 2.35. The Morgan fingerprint density at radius 2 is 1.79 bits per heavy atom. The minimum Gasteiger partial charge on any atom is -0.381 e. The standard InChI is InChI=1S/C23H35N3O6S/c1-17(2)16-21(20(23(28)25-29)11-7-10-18-8-5-4-6-9-18)22(27)24-26(33(3,30)31)19-12-14-32-15-13-19/h4-10,17,19-21,29H,11-16H2,1-3H3,(H,24,27)(H,25,28)/b10-7+/t20?,21-/m1/s1. The minimum atomic E-state index is -3.74. The number of allylic oxidation sites excluding steroid dienone is 1. The summed E-state index contributed by atoms with van der Waals surface area (Å²) < 4.78 is 31.2. The molecule has 1 aliphatic rings. The summed E-state index contributed by atoms with van der Waals surface area (Å²) in [5, 5.41) is 9.33. The molecule has 10 heteroatoms. The second-order valence-corrected chi connectivity index (χ2v) is 10.6. The number of amides is 2. The van der Waals surface area contributed by atoms with Gasteiger partial charge >= 0.3 is 0 Å². The summed E-state index contributed by atoms with van der Waals surface area (Å²) in [5.74, 6) is -2.93. The van der Waals surface area contributed by atoms with Crippen LogP contribution >= 0.6 is 0 Å². The number of hydrazine groups is 1. The molecular formula is C23H35N3O6S. The average Bonchev–Trinajstić information content (AvgIpc) is 2.78. The van der Waals surface area contributed by atoms with E-state index in [9.17, 15) is 23.2 Å². The molecule has 0 spiro atoms. The highest BCUT2D eigenvalue weighted by molar-refractivity contribution is 7.88. The first-order valence-corrected chi connectivity index (χ1v) is 13.0. The molecule has 9 nitrogen and oxygen atoms in total. The van der Waals surface area contributed by atoms with Crippen LogP contribution in [-0.2, 0) is 24.3 Å². The Morgan fingerprint density at radius 1 is 1.15 bits per heavy atom. The molecule has 33 heavy (non-hydrogen) atoms. The van der Waals surface area contributed by atoms with Crippen LogP contribution in [0.4, 0.5) is 0 Å². The normalized spacial score (nSPS) is 17.3. The summed E-state index contributed by atoms with van der Waals surface area (Å²) in [6, 6.07) is 9.09. The fourth-order valence-corrected chi connectivity index (χ4v) is 4.98. The van der Waals surface area contributed by atoms with E-state index in [0.717, 1.165) is 16.2 Å². The van der Waals surface area contributed by atoms with E-state index >= 15 is 0 Å². The lowest BCUT2D eigenvalue weighted by atomic mass is 9.82. The molecule has 1 heterocycles. The highest BCUT2D eigenvalue weighted by atomic mass is 32.2. The lowest BCUT2D eigenvalue weighted by molar-refractivity contribution is -0.142. The summed E-state index contributed by atoms with van der Waals surface area (Å²) >= 11 is 0. The van der Waals surface area contributed by atoms with Gasteiger partial charge in [-0.2, -0.15) is 0 Å². The highest BCUT2D eigenvalue weighted by Gasteiger charge is 2.37. The van der Waals surface area contributed by atoms with Crippen molar-refractivity contribution >= 4 is 27.9 Å². The van der Waals surface area contributed by atoms with Gasteiger partial charge in [0.2, 0.25) is 21.8 Å². The SMILES string of the molecule is CC(C)C[C@@H](C(=O)NN(C1CCOCC1)S(C)(=O)=O)C(C/C=C/c1ccccc1)C(=O)NO. The molecule has 0 saturated carbocycles. The van der Waals surface area contributed by atoms with E-state index in [-0.39, 0.29) is 12.3 Å². The number of nitrogens with one attached hydrogen (secondary N) is 2. The second kappa shape index (κ2) is 12.8. The van der Waals surface area contributed by atoms with E-state index in [1.54, 1.807) is 11.6 Å². The van der Waals surface area contributed by atoms with Crippen molar-refractivity contribution in [1.29, 1.82) is 0 Å². The quantitative estimate of drug-likeness (QED) is 0.329. The molecule has 1 aliphatic heterocycles. The zero-order valence-corrected chi connectivity index (χ0v) is 20.3. The fraction of sp³-hybridized carbons (Fsp3) is 0.565. The molecule has 1 aromatic carbocycles. The van der Waals surface area contributed by atoms with Gasteiger partial charge < -0.3 is 4.74 Å². The van der Waals surface area contributed by atoms with Crippen LogP contribution in [0.25, 0.3) is 6.08 Å². The summed E-state index contributed by atoms with van der Waals surface area (Å²) in [6.07, 6.45) is 6.12. The third-order valence-corrected chi connectivity index (χ3v) is 6.70. The Morgan fingerprint density at radius 3 is 2.33 bits per heavy atom. The molecule has 2 atom stereocenters. The smallest absolute Gasteiger partial charge is 0.247 e. The van der Waals surface area contributed by atoms with Crippen molar-refractivity contribution in [2.45, 2.75) is 45.6 Å². The van der Waals surface area contributed by atoms with E-state index in [1.165, 1.54) is 0 Å². The number of carbonyl (C=O) groups excluding carboxylic acids is 2. The second-order valence-electron chi connectivity index (χ2n) is 8.75. The van der Waals surface area contributed by atoms with Gasteiger partial charge in [0, 0.05) is 19.3 Å². The summed E-state index contributed by atoms with van der Waals surface area (Å²) in [5.41, 5.74) is 5.17.